The van der Waals surface area contributed by atoms with Crippen LogP contribution in [0, 0.1) is 19.8 Å². The molecule has 0 fully saturated rings. The van der Waals surface area contributed by atoms with Gasteiger partial charge in [-0.3, -0.25) is 0 Å². The number of rotatable bonds is 6. The first-order valence-corrected chi connectivity index (χ1v) is 6.42. The summed E-state index contributed by atoms with van der Waals surface area (Å²) in [6.07, 6.45) is 0. The van der Waals surface area contributed by atoms with Gasteiger partial charge in [-0.25, -0.2) is 0 Å². The van der Waals surface area contributed by atoms with Crippen LogP contribution in [-0.4, -0.2) is 32.1 Å². The van der Waals surface area contributed by atoms with E-state index < -0.39 is 0 Å². The van der Waals surface area contributed by atoms with E-state index in [0.717, 1.165) is 19.6 Å². The minimum absolute atomic E-state index is 0.689. The maximum absolute atomic E-state index is 3.23. The zero-order chi connectivity index (χ0) is 12.8. The number of benzene rings is 1. The van der Waals surface area contributed by atoms with Gasteiger partial charge in [0.15, 0.2) is 0 Å². The van der Waals surface area contributed by atoms with E-state index in [2.05, 4.69) is 56.2 Å². The molecule has 17 heavy (non-hydrogen) atoms. The van der Waals surface area contributed by atoms with Gasteiger partial charge in [-0.15, -0.1) is 0 Å². The Morgan fingerprint density at radius 3 is 2.35 bits per heavy atom. The van der Waals surface area contributed by atoms with Crippen LogP contribution in [0.3, 0.4) is 0 Å². The smallest absolute Gasteiger partial charge is 0.0236 e. The summed E-state index contributed by atoms with van der Waals surface area (Å²) < 4.78 is 0. The maximum atomic E-state index is 3.23. The Morgan fingerprint density at radius 1 is 1.24 bits per heavy atom. The van der Waals surface area contributed by atoms with Gasteiger partial charge in [0.05, 0.1) is 0 Å². The Morgan fingerprint density at radius 2 is 1.82 bits per heavy atom. The number of aryl methyl sites for hydroxylation is 2. The van der Waals surface area contributed by atoms with Crippen LogP contribution >= 0.6 is 0 Å². The van der Waals surface area contributed by atoms with Crippen molar-refractivity contribution in [1.82, 2.24) is 10.2 Å². The lowest BCUT2D eigenvalue weighted by molar-refractivity contribution is 0.275. The molecule has 1 aromatic carbocycles. The number of nitrogens with one attached hydrogen (secondary N) is 1. The van der Waals surface area contributed by atoms with Gasteiger partial charge in [0.2, 0.25) is 0 Å². The molecule has 1 atom stereocenters. The first-order chi connectivity index (χ1) is 8.04. The number of hydrogen-bond donors (Lipinski definition) is 1. The van der Waals surface area contributed by atoms with E-state index in [-0.39, 0.29) is 0 Å². The largest absolute Gasteiger partial charge is 0.319 e. The zero-order valence-electron chi connectivity index (χ0n) is 11.9. The molecule has 1 aromatic rings. The van der Waals surface area contributed by atoms with Crippen LogP contribution < -0.4 is 5.32 Å². The summed E-state index contributed by atoms with van der Waals surface area (Å²) in [5.74, 6) is 0.689. The second kappa shape index (κ2) is 6.77. The Hall–Kier alpha value is -0.860. The first kappa shape index (κ1) is 14.2. The molecule has 0 saturated carbocycles. The second-order valence-electron chi connectivity index (χ2n) is 5.23. The van der Waals surface area contributed by atoms with Crippen molar-refractivity contribution in [3.63, 3.8) is 0 Å². The van der Waals surface area contributed by atoms with E-state index in [1.165, 1.54) is 16.7 Å². The molecule has 0 aliphatic carbocycles. The molecular formula is C15H26N2. The molecule has 2 heteroatoms. The van der Waals surface area contributed by atoms with Crippen LogP contribution in [0.1, 0.15) is 23.6 Å². The van der Waals surface area contributed by atoms with Crippen LogP contribution in [0.4, 0.5) is 0 Å². The summed E-state index contributed by atoms with van der Waals surface area (Å²) in [5, 5.41) is 3.23. The number of nitrogens with zero attached hydrogens (tertiary/aromatic N) is 1. The highest BCUT2D eigenvalue weighted by Gasteiger charge is 2.09. The van der Waals surface area contributed by atoms with E-state index >= 15 is 0 Å². The van der Waals surface area contributed by atoms with E-state index in [4.69, 9.17) is 0 Å². The van der Waals surface area contributed by atoms with Gasteiger partial charge in [0.1, 0.15) is 0 Å². The SMILES string of the molecule is CNCC(C)CN(C)Cc1c(C)cccc1C. The Bertz CT molecular complexity index is 327. The van der Waals surface area contributed by atoms with Crippen molar-refractivity contribution in [1.29, 1.82) is 0 Å². The van der Waals surface area contributed by atoms with Gasteiger partial charge in [0, 0.05) is 13.1 Å². The number of hydrogen-bond acceptors (Lipinski definition) is 2. The normalized spacial score (nSPS) is 13.1. The van der Waals surface area contributed by atoms with Crippen molar-refractivity contribution in [3.05, 3.63) is 34.9 Å². The van der Waals surface area contributed by atoms with Crippen molar-refractivity contribution in [2.45, 2.75) is 27.3 Å². The van der Waals surface area contributed by atoms with Gasteiger partial charge < -0.3 is 10.2 Å². The molecule has 2 nitrogen and oxygen atoms in total. The third-order valence-corrected chi connectivity index (χ3v) is 3.25. The highest BCUT2D eigenvalue weighted by atomic mass is 15.1. The molecule has 0 heterocycles. The summed E-state index contributed by atoms with van der Waals surface area (Å²) in [4.78, 5) is 2.41. The lowest BCUT2D eigenvalue weighted by Gasteiger charge is -2.23. The van der Waals surface area contributed by atoms with Crippen LogP contribution in [0.5, 0.6) is 0 Å². The van der Waals surface area contributed by atoms with Crippen molar-refractivity contribution in [2.24, 2.45) is 5.92 Å². The van der Waals surface area contributed by atoms with E-state index in [0.29, 0.717) is 5.92 Å². The van der Waals surface area contributed by atoms with Gasteiger partial charge in [-0.05, 0) is 57.1 Å². The quantitative estimate of drug-likeness (QED) is 0.814. The molecule has 96 valence electrons. The second-order valence-corrected chi connectivity index (χ2v) is 5.23. The summed E-state index contributed by atoms with van der Waals surface area (Å²) >= 11 is 0. The van der Waals surface area contributed by atoms with Gasteiger partial charge in [-0.2, -0.15) is 0 Å². The predicted molar refractivity (Wildman–Crippen MR) is 75.3 cm³/mol. The standard InChI is InChI=1S/C15H26N2/c1-12(9-16-4)10-17(5)11-15-13(2)7-6-8-14(15)3/h6-8,12,16H,9-11H2,1-5H3. The molecule has 0 radical (unpaired) electrons. The first-order valence-electron chi connectivity index (χ1n) is 6.42. The van der Waals surface area contributed by atoms with Crippen molar-refractivity contribution in [3.8, 4) is 0 Å². The molecule has 0 bridgehead atoms. The van der Waals surface area contributed by atoms with Crippen LogP contribution in [0.15, 0.2) is 18.2 Å². The molecule has 0 aliphatic rings. The average Bonchev–Trinajstić information content (AvgIpc) is 2.24. The molecule has 0 spiro atoms. The Kier molecular flexibility index (Phi) is 5.66. The van der Waals surface area contributed by atoms with E-state index in [1.54, 1.807) is 0 Å². The van der Waals surface area contributed by atoms with Gasteiger partial charge >= 0.3 is 0 Å². The van der Waals surface area contributed by atoms with E-state index in [9.17, 15) is 0 Å². The minimum Gasteiger partial charge on any atom is -0.319 e. The summed E-state index contributed by atoms with van der Waals surface area (Å²) in [6, 6.07) is 6.54. The summed E-state index contributed by atoms with van der Waals surface area (Å²) in [6.45, 7) is 9.95. The molecule has 0 aromatic heterocycles. The van der Waals surface area contributed by atoms with Gasteiger partial charge in [0.25, 0.3) is 0 Å². The van der Waals surface area contributed by atoms with Gasteiger partial charge in [-0.1, -0.05) is 25.1 Å². The maximum Gasteiger partial charge on any atom is 0.0236 e. The fraction of sp³-hybridized carbons (Fsp3) is 0.600. The topological polar surface area (TPSA) is 15.3 Å². The average molecular weight is 234 g/mol. The fourth-order valence-electron chi connectivity index (χ4n) is 2.38. The molecular weight excluding hydrogens is 208 g/mol. The van der Waals surface area contributed by atoms with Crippen LogP contribution in [0.2, 0.25) is 0 Å². The van der Waals surface area contributed by atoms with Crippen molar-refractivity contribution >= 4 is 0 Å². The monoisotopic (exact) mass is 234 g/mol. The molecule has 1 N–H and O–H groups in total. The molecule has 0 aliphatic heterocycles. The van der Waals surface area contributed by atoms with Crippen molar-refractivity contribution in [2.75, 3.05) is 27.2 Å². The molecule has 1 unspecified atom stereocenters. The molecule has 0 amide bonds. The fourth-order valence-corrected chi connectivity index (χ4v) is 2.38. The van der Waals surface area contributed by atoms with Crippen LogP contribution in [0.25, 0.3) is 0 Å². The Labute approximate surface area is 106 Å². The Balaban J connectivity index is 2.59. The lowest BCUT2D eigenvalue weighted by atomic mass is 10.0. The van der Waals surface area contributed by atoms with Crippen LogP contribution in [-0.2, 0) is 6.54 Å². The van der Waals surface area contributed by atoms with Crippen molar-refractivity contribution < 1.29 is 0 Å². The van der Waals surface area contributed by atoms with E-state index in [1.807, 2.05) is 7.05 Å². The summed E-state index contributed by atoms with van der Waals surface area (Å²) in [5.41, 5.74) is 4.28. The minimum atomic E-state index is 0.689. The highest BCUT2D eigenvalue weighted by molar-refractivity contribution is 5.33. The summed E-state index contributed by atoms with van der Waals surface area (Å²) in [7, 11) is 4.22. The molecule has 1 rings (SSSR count). The predicted octanol–water partition coefficient (Wildman–Crippen LogP) is 2.59. The zero-order valence-corrected chi connectivity index (χ0v) is 11.9. The third kappa shape index (κ3) is 4.49. The highest BCUT2D eigenvalue weighted by Crippen LogP contribution is 2.15. The lowest BCUT2D eigenvalue weighted by Crippen LogP contribution is -2.29. The third-order valence-electron chi connectivity index (χ3n) is 3.25. The molecule has 0 saturated heterocycles.